The molecule has 15 heavy (non-hydrogen) atoms. The van der Waals surface area contributed by atoms with E-state index in [9.17, 15) is 5.11 Å². The summed E-state index contributed by atoms with van der Waals surface area (Å²) in [5.74, 6) is 1.88. The van der Waals surface area contributed by atoms with Gasteiger partial charge in [0.15, 0.2) is 0 Å². The molecule has 0 bridgehead atoms. The summed E-state index contributed by atoms with van der Waals surface area (Å²) >= 11 is 0. The molecule has 1 aromatic heterocycles. The number of aromatic nitrogens is 2. The van der Waals surface area contributed by atoms with Crippen LogP contribution in [0.4, 0.5) is 0 Å². The summed E-state index contributed by atoms with van der Waals surface area (Å²) < 4.78 is 2.33. The maximum absolute atomic E-state index is 9.28. The molecule has 82 valence electrons. The lowest BCUT2D eigenvalue weighted by molar-refractivity contribution is 0.274. The minimum Gasteiger partial charge on any atom is -0.390 e. The van der Waals surface area contributed by atoms with Crippen molar-refractivity contribution in [1.29, 1.82) is 0 Å². The molecule has 1 aliphatic heterocycles. The molecule has 2 N–H and O–H groups in total. The van der Waals surface area contributed by atoms with E-state index in [0.29, 0.717) is 5.92 Å². The summed E-state index contributed by atoms with van der Waals surface area (Å²) in [5.41, 5.74) is 2.08. The molecule has 0 unspecified atom stereocenters. The number of hydrogen-bond donors (Lipinski definition) is 2. The van der Waals surface area contributed by atoms with Crippen molar-refractivity contribution in [3.63, 3.8) is 0 Å². The number of hydrogen-bond acceptors (Lipinski definition) is 3. The number of aliphatic hydroxyl groups is 1. The smallest absolute Gasteiger partial charge is 0.112 e. The lowest BCUT2D eigenvalue weighted by Crippen LogP contribution is -2.30. The molecule has 1 fully saturated rings. The highest BCUT2D eigenvalue weighted by Gasteiger charge is 2.28. The predicted octanol–water partition coefficient (Wildman–Crippen LogP) is 0.746. The molecule has 2 heterocycles. The van der Waals surface area contributed by atoms with Gasteiger partial charge in [0, 0.05) is 25.6 Å². The summed E-state index contributed by atoms with van der Waals surface area (Å²) in [4.78, 5) is 4.61. The second-order valence-corrected chi connectivity index (χ2v) is 4.48. The summed E-state index contributed by atoms with van der Waals surface area (Å²) in [6.45, 7) is 2.96. The third kappa shape index (κ3) is 1.40. The molecule has 0 saturated heterocycles. The second kappa shape index (κ2) is 3.61. The molecule has 0 aromatic carbocycles. The van der Waals surface area contributed by atoms with Crippen LogP contribution in [0.15, 0.2) is 0 Å². The van der Waals surface area contributed by atoms with E-state index in [1.165, 1.54) is 30.8 Å². The van der Waals surface area contributed by atoms with Gasteiger partial charge in [0.1, 0.15) is 5.82 Å². The molecular formula is C11H17N3O. The van der Waals surface area contributed by atoms with Crippen molar-refractivity contribution >= 4 is 0 Å². The number of nitrogens with one attached hydrogen (secondary N) is 1. The van der Waals surface area contributed by atoms with Crippen LogP contribution in [0.5, 0.6) is 0 Å². The van der Waals surface area contributed by atoms with E-state index in [0.717, 1.165) is 25.3 Å². The molecule has 0 amide bonds. The second-order valence-electron chi connectivity index (χ2n) is 4.48. The Morgan fingerprint density at radius 2 is 2.33 bits per heavy atom. The molecule has 0 spiro atoms. The minimum absolute atomic E-state index is 0.0731. The van der Waals surface area contributed by atoms with Gasteiger partial charge in [-0.3, -0.25) is 0 Å². The van der Waals surface area contributed by atoms with Crippen LogP contribution in [0, 0.1) is 0 Å². The van der Waals surface area contributed by atoms with Gasteiger partial charge in [0.25, 0.3) is 0 Å². The Balaban J connectivity index is 2.01. The number of nitrogens with zero attached hydrogens (tertiary/aromatic N) is 2. The normalized spacial score (nSPS) is 21.1. The highest BCUT2D eigenvalue weighted by Crippen LogP contribution is 2.37. The topological polar surface area (TPSA) is 50.1 Å². The van der Waals surface area contributed by atoms with Gasteiger partial charge in [0.05, 0.1) is 18.0 Å². The van der Waals surface area contributed by atoms with Crippen molar-refractivity contribution < 1.29 is 5.11 Å². The molecule has 4 heteroatoms. The van der Waals surface area contributed by atoms with Crippen LogP contribution in [-0.4, -0.2) is 21.2 Å². The van der Waals surface area contributed by atoms with Crippen LogP contribution in [0.1, 0.15) is 42.4 Å². The van der Waals surface area contributed by atoms with Gasteiger partial charge in [-0.15, -0.1) is 0 Å². The Bertz CT molecular complexity index is 368. The fourth-order valence-corrected chi connectivity index (χ4v) is 2.51. The van der Waals surface area contributed by atoms with Crippen molar-refractivity contribution in [3.05, 3.63) is 17.2 Å². The summed E-state index contributed by atoms with van der Waals surface area (Å²) in [5, 5.41) is 12.6. The van der Waals surface area contributed by atoms with Gasteiger partial charge in [0.2, 0.25) is 0 Å². The van der Waals surface area contributed by atoms with Crippen molar-refractivity contribution in [2.45, 2.75) is 44.9 Å². The standard InChI is InChI=1S/C11H17N3O/c15-7-9-10-6-12-4-5-14(10)11(13-9)8-2-1-3-8/h8,12,15H,1-7H2. The van der Waals surface area contributed by atoms with Crippen molar-refractivity contribution in [2.24, 2.45) is 0 Å². The largest absolute Gasteiger partial charge is 0.390 e. The molecule has 1 saturated carbocycles. The third-order valence-electron chi connectivity index (χ3n) is 3.61. The zero-order chi connectivity index (χ0) is 10.3. The number of rotatable bonds is 2. The average Bonchev–Trinajstić information content (AvgIpc) is 2.55. The lowest BCUT2D eigenvalue weighted by atomic mass is 9.85. The summed E-state index contributed by atoms with van der Waals surface area (Å²) in [6, 6.07) is 0. The molecular weight excluding hydrogens is 190 g/mol. The molecule has 0 radical (unpaired) electrons. The molecule has 2 aliphatic rings. The Morgan fingerprint density at radius 3 is 3.00 bits per heavy atom. The van der Waals surface area contributed by atoms with E-state index in [1.807, 2.05) is 0 Å². The van der Waals surface area contributed by atoms with Crippen molar-refractivity contribution in [2.75, 3.05) is 6.54 Å². The van der Waals surface area contributed by atoms with Gasteiger partial charge in [-0.05, 0) is 12.8 Å². The lowest BCUT2D eigenvalue weighted by Gasteiger charge is -2.27. The van der Waals surface area contributed by atoms with Crippen LogP contribution in [-0.2, 0) is 19.7 Å². The van der Waals surface area contributed by atoms with Crippen LogP contribution >= 0.6 is 0 Å². The first-order valence-corrected chi connectivity index (χ1v) is 5.80. The van der Waals surface area contributed by atoms with Gasteiger partial charge < -0.3 is 15.0 Å². The SMILES string of the molecule is OCc1nc(C2CCC2)n2c1CNCC2. The Hall–Kier alpha value is -0.870. The third-order valence-corrected chi connectivity index (χ3v) is 3.61. The highest BCUT2D eigenvalue weighted by atomic mass is 16.3. The van der Waals surface area contributed by atoms with Crippen molar-refractivity contribution in [1.82, 2.24) is 14.9 Å². The van der Waals surface area contributed by atoms with Crippen molar-refractivity contribution in [3.8, 4) is 0 Å². The summed E-state index contributed by atoms with van der Waals surface area (Å²) in [6.07, 6.45) is 3.88. The number of aliphatic hydroxyl groups excluding tert-OH is 1. The van der Waals surface area contributed by atoms with E-state index < -0.39 is 0 Å². The Labute approximate surface area is 89.3 Å². The molecule has 1 aliphatic carbocycles. The minimum atomic E-state index is 0.0731. The van der Waals surface area contributed by atoms with Crippen LogP contribution in [0.25, 0.3) is 0 Å². The average molecular weight is 207 g/mol. The fraction of sp³-hybridized carbons (Fsp3) is 0.727. The zero-order valence-electron chi connectivity index (χ0n) is 8.87. The van der Waals surface area contributed by atoms with Gasteiger partial charge in [-0.25, -0.2) is 4.98 Å². The Kier molecular flexibility index (Phi) is 2.25. The fourth-order valence-electron chi connectivity index (χ4n) is 2.51. The van der Waals surface area contributed by atoms with E-state index in [2.05, 4.69) is 14.9 Å². The first-order chi connectivity index (χ1) is 7.40. The quantitative estimate of drug-likeness (QED) is 0.752. The molecule has 0 atom stereocenters. The maximum Gasteiger partial charge on any atom is 0.112 e. The van der Waals surface area contributed by atoms with E-state index in [1.54, 1.807) is 0 Å². The predicted molar refractivity (Wildman–Crippen MR) is 56.4 cm³/mol. The van der Waals surface area contributed by atoms with Crippen LogP contribution < -0.4 is 5.32 Å². The van der Waals surface area contributed by atoms with E-state index >= 15 is 0 Å². The van der Waals surface area contributed by atoms with E-state index in [4.69, 9.17) is 0 Å². The van der Waals surface area contributed by atoms with Crippen LogP contribution in [0.3, 0.4) is 0 Å². The summed E-state index contributed by atoms with van der Waals surface area (Å²) in [7, 11) is 0. The number of imidazole rings is 1. The number of fused-ring (bicyclic) bond motifs is 1. The maximum atomic E-state index is 9.28. The monoisotopic (exact) mass is 207 g/mol. The van der Waals surface area contributed by atoms with Gasteiger partial charge in [-0.1, -0.05) is 6.42 Å². The zero-order valence-corrected chi connectivity index (χ0v) is 8.87. The molecule has 1 aromatic rings. The Morgan fingerprint density at radius 1 is 1.47 bits per heavy atom. The first kappa shape index (κ1) is 9.36. The molecule has 4 nitrogen and oxygen atoms in total. The van der Waals surface area contributed by atoms with Gasteiger partial charge in [-0.2, -0.15) is 0 Å². The first-order valence-electron chi connectivity index (χ1n) is 5.80. The van der Waals surface area contributed by atoms with Crippen LogP contribution in [0.2, 0.25) is 0 Å². The highest BCUT2D eigenvalue weighted by molar-refractivity contribution is 5.21. The van der Waals surface area contributed by atoms with E-state index in [-0.39, 0.29) is 6.61 Å². The van der Waals surface area contributed by atoms with Gasteiger partial charge >= 0.3 is 0 Å². The molecule has 3 rings (SSSR count).